The second-order valence-corrected chi connectivity index (χ2v) is 7.79. The third-order valence-electron chi connectivity index (χ3n) is 4.31. The molecule has 0 spiro atoms. The summed E-state index contributed by atoms with van der Waals surface area (Å²) in [4.78, 5) is 25.9. The van der Waals surface area contributed by atoms with Gasteiger partial charge in [0.05, 0.1) is 13.2 Å². The van der Waals surface area contributed by atoms with Crippen molar-refractivity contribution in [2.45, 2.75) is 33.1 Å². The van der Waals surface area contributed by atoms with E-state index < -0.39 is 0 Å². The number of nitrogens with one attached hydrogen (secondary N) is 1. The van der Waals surface area contributed by atoms with Crippen LogP contribution in [0.2, 0.25) is 0 Å². The van der Waals surface area contributed by atoms with Crippen LogP contribution < -0.4 is 10.1 Å². The van der Waals surface area contributed by atoms with Gasteiger partial charge in [-0.05, 0) is 68.1 Å². The van der Waals surface area contributed by atoms with Crippen molar-refractivity contribution in [1.82, 2.24) is 4.90 Å². The fraction of sp³-hybridized carbons (Fsp3) is 0.364. The first kappa shape index (κ1) is 22.0. The molecule has 2 rings (SSSR count). The van der Waals surface area contributed by atoms with E-state index in [-0.39, 0.29) is 18.4 Å². The summed E-state index contributed by atoms with van der Waals surface area (Å²) in [5.41, 5.74) is 2.87. The highest BCUT2D eigenvalue weighted by atomic mass is 79.9. The fourth-order valence-electron chi connectivity index (χ4n) is 2.72. The van der Waals surface area contributed by atoms with E-state index in [0.29, 0.717) is 13.0 Å². The molecule has 0 aromatic heterocycles. The maximum atomic E-state index is 12.2. The van der Waals surface area contributed by atoms with Gasteiger partial charge in [-0.25, -0.2) is 0 Å². The average Bonchev–Trinajstić information content (AvgIpc) is 2.63. The SMILES string of the molecule is Cc1cccc(OCCCCC(=O)N(C)CC(=O)Nc2ccc(Br)cc2C)c1. The summed E-state index contributed by atoms with van der Waals surface area (Å²) >= 11 is 3.40. The molecule has 0 aliphatic rings. The van der Waals surface area contributed by atoms with Gasteiger partial charge < -0.3 is 15.0 Å². The molecule has 150 valence electrons. The highest BCUT2D eigenvalue weighted by Gasteiger charge is 2.13. The van der Waals surface area contributed by atoms with E-state index in [0.717, 1.165) is 39.9 Å². The molecule has 0 fully saturated rings. The predicted octanol–water partition coefficient (Wildman–Crippen LogP) is 4.71. The zero-order valence-electron chi connectivity index (χ0n) is 16.6. The number of unbranched alkanes of at least 4 members (excludes halogenated alkanes) is 1. The Morgan fingerprint density at radius 3 is 2.61 bits per heavy atom. The van der Waals surface area contributed by atoms with Gasteiger partial charge in [-0.15, -0.1) is 0 Å². The van der Waals surface area contributed by atoms with Crippen molar-refractivity contribution in [1.29, 1.82) is 0 Å². The van der Waals surface area contributed by atoms with Gasteiger partial charge >= 0.3 is 0 Å². The topological polar surface area (TPSA) is 58.6 Å². The molecule has 0 saturated heterocycles. The Balaban J connectivity index is 1.66. The van der Waals surface area contributed by atoms with Crippen LogP contribution in [0.25, 0.3) is 0 Å². The Labute approximate surface area is 175 Å². The molecule has 28 heavy (non-hydrogen) atoms. The van der Waals surface area contributed by atoms with Crippen LogP contribution in [0.4, 0.5) is 5.69 Å². The lowest BCUT2D eigenvalue weighted by Gasteiger charge is -2.17. The summed E-state index contributed by atoms with van der Waals surface area (Å²) in [6.07, 6.45) is 1.92. The number of benzene rings is 2. The Morgan fingerprint density at radius 2 is 1.89 bits per heavy atom. The predicted molar refractivity (Wildman–Crippen MR) is 116 cm³/mol. The molecule has 0 unspecified atom stereocenters. The van der Waals surface area contributed by atoms with E-state index in [4.69, 9.17) is 4.74 Å². The number of carbonyl (C=O) groups excluding carboxylic acids is 2. The summed E-state index contributed by atoms with van der Waals surface area (Å²) in [6, 6.07) is 13.6. The lowest BCUT2D eigenvalue weighted by molar-refractivity contribution is -0.133. The highest BCUT2D eigenvalue weighted by Crippen LogP contribution is 2.20. The largest absolute Gasteiger partial charge is 0.494 e. The Hall–Kier alpha value is -2.34. The van der Waals surface area contributed by atoms with Crippen LogP contribution in [0.3, 0.4) is 0 Å². The molecule has 0 bridgehead atoms. The van der Waals surface area contributed by atoms with Gasteiger partial charge in [0.1, 0.15) is 5.75 Å². The van der Waals surface area contributed by atoms with Gasteiger partial charge in [0.15, 0.2) is 0 Å². The Morgan fingerprint density at radius 1 is 1.11 bits per heavy atom. The molecule has 6 heteroatoms. The first-order valence-electron chi connectivity index (χ1n) is 9.34. The minimum absolute atomic E-state index is 0.0358. The molecule has 0 saturated carbocycles. The van der Waals surface area contributed by atoms with E-state index in [2.05, 4.69) is 21.2 Å². The molecule has 0 atom stereocenters. The lowest BCUT2D eigenvalue weighted by Crippen LogP contribution is -2.34. The molecule has 0 heterocycles. The lowest BCUT2D eigenvalue weighted by atomic mass is 10.2. The molecular weight excluding hydrogens is 420 g/mol. The average molecular weight is 447 g/mol. The summed E-state index contributed by atoms with van der Waals surface area (Å²) in [5.74, 6) is 0.602. The zero-order chi connectivity index (χ0) is 20.5. The molecule has 2 aromatic rings. The summed E-state index contributed by atoms with van der Waals surface area (Å²) in [6.45, 7) is 4.56. The summed E-state index contributed by atoms with van der Waals surface area (Å²) in [5, 5.41) is 2.85. The molecule has 0 radical (unpaired) electrons. The maximum absolute atomic E-state index is 12.2. The molecule has 5 nitrogen and oxygen atoms in total. The number of amides is 2. The van der Waals surface area contributed by atoms with E-state index >= 15 is 0 Å². The number of rotatable bonds is 9. The first-order valence-corrected chi connectivity index (χ1v) is 10.1. The standard InChI is InChI=1S/C22H27BrN2O3/c1-16-7-6-8-19(13-16)28-12-5-4-9-22(27)25(3)15-21(26)24-20-11-10-18(23)14-17(20)2/h6-8,10-11,13-14H,4-5,9,12,15H2,1-3H3,(H,24,26). The van der Waals surface area contributed by atoms with Crippen molar-refractivity contribution in [2.75, 3.05) is 25.5 Å². The van der Waals surface area contributed by atoms with Crippen molar-refractivity contribution < 1.29 is 14.3 Å². The van der Waals surface area contributed by atoms with E-state index in [1.54, 1.807) is 7.05 Å². The minimum atomic E-state index is -0.205. The molecule has 1 N–H and O–H groups in total. The van der Waals surface area contributed by atoms with Crippen LogP contribution in [-0.2, 0) is 9.59 Å². The smallest absolute Gasteiger partial charge is 0.243 e. The van der Waals surface area contributed by atoms with E-state index in [1.165, 1.54) is 4.90 Å². The first-order chi connectivity index (χ1) is 13.3. The van der Waals surface area contributed by atoms with Gasteiger partial charge in [0.2, 0.25) is 11.8 Å². The van der Waals surface area contributed by atoms with Crippen LogP contribution >= 0.6 is 15.9 Å². The minimum Gasteiger partial charge on any atom is -0.494 e. The Kier molecular flexibility index (Phi) is 8.51. The third-order valence-corrected chi connectivity index (χ3v) is 4.81. The third kappa shape index (κ3) is 7.35. The van der Waals surface area contributed by atoms with Crippen LogP contribution in [0.1, 0.15) is 30.4 Å². The number of aryl methyl sites for hydroxylation is 2. The quantitative estimate of drug-likeness (QED) is 0.567. The molecule has 0 aliphatic heterocycles. The number of anilines is 1. The van der Waals surface area contributed by atoms with E-state index in [1.807, 2.05) is 56.3 Å². The van der Waals surface area contributed by atoms with Gasteiger partial charge in [-0.2, -0.15) is 0 Å². The summed E-state index contributed by atoms with van der Waals surface area (Å²) in [7, 11) is 1.65. The zero-order valence-corrected chi connectivity index (χ0v) is 18.2. The number of carbonyl (C=O) groups is 2. The monoisotopic (exact) mass is 446 g/mol. The summed E-state index contributed by atoms with van der Waals surface area (Å²) < 4.78 is 6.65. The van der Waals surface area contributed by atoms with Crippen LogP contribution in [0.15, 0.2) is 46.9 Å². The van der Waals surface area contributed by atoms with Gasteiger partial charge in [0.25, 0.3) is 0 Å². The number of hydrogen-bond donors (Lipinski definition) is 1. The number of hydrogen-bond acceptors (Lipinski definition) is 3. The van der Waals surface area contributed by atoms with Gasteiger partial charge in [-0.1, -0.05) is 28.1 Å². The molecule has 2 amide bonds. The highest BCUT2D eigenvalue weighted by molar-refractivity contribution is 9.10. The van der Waals surface area contributed by atoms with Crippen LogP contribution in [-0.4, -0.2) is 36.9 Å². The van der Waals surface area contributed by atoms with Gasteiger partial charge in [-0.3, -0.25) is 9.59 Å². The Bertz CT molecular complexity index is 823. The second-order valence-electron chi connectivity index (χ2n) is 6.88. The number of nitrogens with zero attached hydrogens (tertiary/aromatic N) is 1. The van der Waals surface area contributed by atoms with Crippen molar-refractivity contribution in [3.8, 4) is 5.75 Å². The normalized spacial score (nSPS) is 10.4. The molecule has 2 aromatic carbocycles. The maximum Gasteiger partial charge on any atom is 0.243 e. The van der Waals surface area contributed by atoms with Crippen molar-refractivity contribution in [2.24, 2.45) is 0 Å². The van der Waals surface area contributed by atoms with Crippen molar-refractivity contribution in [3.05, 3.63) is 58.1 Å². The molecular formula is C22H27BrN2O3. The van der Waals surface area contributed by atoms with Gasteiger partial charge in [0, 0.05) is 23.6 Å². The molecule has 0 aliphatic carbocycles. The second kappa shape index (κ2) is 10.9. The fourth-order valence-corrected chi connectivity index (χ4v) is 3.20. The number of ether oxygens (including phenoxy) is 1. The van der Waals surface area contributed by atoms with Crippen molar-refractivity contribution >= 4 is 33.4 Å². The van der Waals surface area contributed by atoms with Crippen LogP contribution in [0, 0.1) is 13.8 Å². The van der Waals surface area contributed by atoms with Crippen LogP contribution in [0.5, 0.6) is 5.75 Å². The van der Waals surface area contributed by atoms with E-state index in [9.17, 15) is 9.59 Å². The number of likely N-dealkylation sites (N-methyl/N-ethyl adjacent to an activating group) is 1. The number of halogens is 1. The van der Waals surface area contributed by atoms with Crippen molar-refractivity contribution in [3.63, 3.8) is 0 Å².